The number of pyridine rings is 1. The number of hydrogen-bond donors (Lipinski definition) is 4. The number of hydrogen-bond acceptors (Lipinski definition) is 8. The first-order chi connectivity index (χ1) is 13.5. The second-order valence-electron chi connectivity index (χ2n) is 6.35. The molecule has 0 bridgehead atoms. The zero-order chi connectivity index (χ0) is 19.6. The van der Waals surface area contributed by atoms with E-state index in [2.05, 4.69) is 31.1 Å². The van der Waals surface area contributed by atoms with Gasteiger partial charge in [0.25, 0.3) is 10.1 Å². The number of hydrazine groups is 1. The van der Waals surface area contributed by atoms with Crippen LogP contribution in [0.2, 0.25) is 0 Å². The first kappa shape index (κ1) is 18.1. The lowest BCUT2D eigenvalue weighted by Gasteiger charge is -2.12. The van der Waals surface area contributed by atoms with Crippen LogP contribution < -0.4 is 16.2 Å². The lowest BCUT2D eigenvalue weighted by Crippen LogP contribution is -2.13. The van der Waals surface area contributed by atoms with Crippen LogP contribution >= 0.6 is 0 Å². The maximum absolute atomic E-state index is 11.1. The summed E-state index contributed by atoms with van der Waals surface area (Å²) in [6.07, 6.45) is 3.89. The van der Waals surface area contributed by atoms with Crippen LogP contribution in [0.3, 0.4) is 0 Å². The van der Waals surface area contributed by atoms with Crippen molar-refractivity contribution in [2.24, 2.45) is 0 Å². The molecule has 144 valence electrons. The first-order valence-corrected chi connectivity index (χ1v) is 10.1. The fourth-order valence-corrected chi connectivity index (χ4v) is 2.96. The zero-order valence-corrected chi connectivity index (χ0v) is 15.5. The molecule has 0 amide bonds. The fourth-order valence-electron chi connectivity index (χ4n) is 2.48. The van der Waals surface area contributed by atoms with Gasteiger partial charge in [0.2, 0.25) is 5.95 Å². The molecule has 2 aromatic heterocycles. The number of nitrogens with zero attached hydrogens (tertiary/aromatic N) is 3. The van der Waals surface area contributed by atoms with Crippen LogP contribution in [0.5, 0.6) is 0 Å². The molecule has 1 aromatic carbocycles. The lowest BCUT2D eigenvalue weighted by atomic mass is 10.2. The van der Waals surface area contributed by atoms with Crippen molar-refractivity contribution in [3.63, 3.8) is 0 Å². The number of rotatable bonds is 7. The van der Waals surface area contributed by atoms with Gasteiger partial charge in [-0.2, -0.15) is 13.4 Å². The molecule has 0 saturated heterocycles. The molecule has 0 radical (unpaired) electrons. The van der Waals surface area contributed by atoms with Gasteiger partial charge in [0.1, 0.15) is 0 Å². The van der Waals surface area contributed by atoms with E-state index in [1.165, 1.54) is 24.3 Å². The molecule has 28 heavy (non-hydrogen) atoms. The van der Waals surface area contributed by atoms with Crippen LogP contribution in [0.25, 0.3) is 11.4 Å². The number of anilines is 3. The summed E-state index contributed by atoms with van der Waals surface area (Å²) >= 11 is 0. The molecule has 10 heteroatoms. The minimum atomic E-state index is -4.22. The average Bonchev–Trinajstić information content (AvgIpc) is 3.50. The minimum Gasteiger partial charge on any atom is -0.351 e. The Kier molecular flexibility index (Phi) is 4.80. The Morgan fingerprint density at radius 1 is 0.964 bits per heavy atom. The van der Waals surface area contributed by atoms with E-state index in [1.807, 2.05) is 18.2 Å². The summed E-state index contributed by atoms with van der Waals surface area (Å²) in [7, 11) is -4.22. The smallest absolute Gasteiger partial charge is 0.294 e. The van der Waals surface area contributed by atoms with Gasteiger partial charge in [-0.1, -0.05) is 6.07 Å². The van der Waals surface area contributed by atoms with Crippen molar-refractivity contribution >= 4 is 27.6 Å². The quantitative estimate of drug-likeness (QED) is 0.351. The molecule has 4 N–H and O–H groups in total. The van der Waals surface area contributed by atoms with Crippen molar-refractivity contribution in [2.45, 2.75) is 23.8 Å². The number of nitrogens with one attached hydrogen (secondary N) is 3. The molecule has 0 unspecified atom stereocenters. The summed E-state index contributed by atoms with van der Waals surface area (Å²) in [6, 6.07) is 13.4. The molecule has 1 fully saturated rings. The van der Waals surface area contributed by atoms with E-state index in [-0.39, 0.29) is 4.90 Å². The van der Waals surface area contributed by atoms with E-state index in [0.717, 1.165) is 18.5 Å². The molecule has 2 heterocycles. The molecule has 4 rings (SSSR count). The topological polar surface area (TPSA) is 129 Å². The fraction of sp³-hybridized carbons (Fsp3) is 0.167. The maximum atomic E-state index is 11.1. The molecule has 0 atom stereocenters. The highest BCUT2D eigenvalue weighted by atomic mass is 32.2. The summed E-state index contributed by atoms with van der Waals surface area (Å²) in [6.45, 7) is 0. The highest BCUT2D eigenvalue weighted by Crippen LogP contribution is 2.26. The Morgan fingerprint density at radius 3 is 2.39 bits per heavy atom. The van der Waals surface area contributed by atoms with Crippen LogP contribution in [0.4, 0.5) is 17.5 Å². The van der Waals surface area contributed by atoms with Gasteiger partial charge in [0.15, 0.2) is 5.82 Å². The summed E-state index contributed by atoms with van der Waals surface area (Å²) < 4.78 is 31.3. The molecular weight excluding hydrogens is 380 g/mol. The van der Waals surface area contributed by atoms with E-state index < -0.39 is 10.1 Å². The largest absolute Gasteiger partial charge is 0.351 e. The molecule has 0 spiro atoms. The molecule has 1 aliphatic carbocycles. The van der Waals surface area contributed by atoms with Crippen molar-refractivity contribution < 1.29 is 13.0 Å². The molecule has 1 aliphatic rings. The number of aromatic nitrogens is 3. The third kappa shape index (κ3) is 4.53. The summed E-state index contributed by atoms with van der Waals surface area (Å²) in [4.78, 5) is 13.1. The Balaban J connectivity index is 1.54. The van der Waals surface area contributed by atoms with Crippen molar-refractivity contribution in [1.29, 1.82) is 0 Å². The van der Waals surface area contributed by atoms with Crippen LogP contribution in [0, 0.1) is 0 Å². The van der Waals surface area contributed by atoms with Gasteiger partial charge in [-0.3, -0.25) is 20.4 Å². The lowest BCUT2D eigenvalue weighted by molar-refractivity contribution is 0.483. The van der Waals surface area contributed by atoms with E-state index in [0.29, 0.717) is 29.2 Å². The Bertz CT molecular complexity index is 1070. The van der Waals surface area contributed by atoms with Gasteiger partial charge in [0, 0.05) is 18.3 Å². The summed E-state index contributed by atoms with van der Waals surface area (Å²) in [5.41, 5.74) is 7.93. The van der Waals surface area contributed by atoms with Gasteiger partial charge in [-0.25, -0.2) is 4.98 Å². The van der Waals surface area contributed by atoms with E-state index in [1.54, 1.807) is 12.3 Å². The van der Waals surface area contributed by atoms with Crippen LogP contribution in [-0.2, 0) is 10.1 Å². The normalized spacial score (nSPS) is 13.8. The predicted octanol–water partition coefficient (Wildman–Crippen LogP) is 2.80. The van der Waals surface area contributed by atoms with Crippen molar-refractivity contribution in [2.75, 3.05) is 16.2 Å². The molecule has 9 nitrogen and oxygen atoms in total. The van der Waals surface area contributed by atoms with Crippen molar-refractivity contribution in [1.82, 2.24) is 15.0 Å². The van der Waals surface area contributed by atoms with Gasteiger partial charge >= 0.3 is 0 Å². The van der Waals surface area contributed by atoms with Gasteiger partial charge in [0.05, 0.1) is 22.0 Å². The van der Waals surface area contributed by atoms with Gasteiger partial charge in [-0.15, -0.1) is 0 Å². The molecule has 0 aliphatic heterocycles. The van der Waals surface area contributed by atoms with Crippen LogP contribution in [0.15, 0.2) is 59.6 Å². The highest BCUT2D eigenvalue weighted by Gasteiger charge is 2.22. The Morgan fingerprint density at radius 2 is 1.75 bits per heavy atom. The van der Waals surface area contributed by atoms with E-state index >= 15 is 0 Å². The predicted molar refractivity (Wildman–Crippen MR) is 105 cm³/mol. The second-order valence-corrected chi connectivity index (χ2v) is 7.77. The maximum Gasteiger partial charge on any atom is 0.294 e. The van der Waals surface area contributed by atoms with Crippen molar-refractivity contribution in [3.05, 3.63) is 54.7 Å². The minimum absolute atomic E-state index is 0.173. The molecule has 3 aromatic rings. The standard InChI is InChI=1S/C18H18N6O3S/c25-28(26,27)14-8-6-13(7-9-14)23-24-17-11-16(15-3-1-2-10-19-15)21-18(22-17)20-12-4-5-12/h1-3,6-12,23H,4-5H2,(H,25,26,27)(H2,20,21,22,24). The third-order valence-electron chi connectivity index (χ3n) is 4.05. The third-order valence-corrected chi connectivity index (χ3v) is 4.92. The first-order valence-electron chi connectivity index (χ1n) is 8.64. The molecule has 1 saturated carbocycles. The summed E-state index contributed by atoms with van der Waals surface area (Å²) in [5, 5.41) is 3.28. The number of benzene rings is 1. The highest BCUT2D eigenvalue weighted by molar-refractivity contribution is 7.85. The SMILES string of the molecule is O=S(=O)(O)c1ccc(NNc2cc(-c3ccccn3)nc(NC3CC3)n2)cc1. The summed E-state index contributed by atoms with van der Waals surface area (Å²) in [5.74, 6) is 1.04. The average molecular weight is 398 g/mol. The monoisotopic (exact) mass is 398 g/mol. The van der Waals surface area contributed by atoms with Crippen LogP contribution in [0.1, 0.15) is 12.8 Å². The van der Waals surface area contributed by atoms with Crippen molar-refractivity contribution in [3.8, 4) is 11.4 Å². The van der Waals surface area contributed by atoms with Gasteiger partial charge in [-0.05, 0) is 49.2 Å². The Labute approximate surface area is 162 Å². The van der Waals surface area contributed by atoms with Gasteiger partial charge < -0.3 is 5.32 Å². The zero-order valence-electron chi connectivity index (χ0n) is 14.7. The van der Waals surface area contributed by atoms with E-state index in [4.69, 9.17) is 4.55 Å². The van der Waals surface area contributed by atoms with E-state index in [9.17, 15) is 8.42 Å². The van der Waals surface area contributed by atoms with Crippen LogP contribution in [-0.4, -0.2) is 34.0 Å². The Hall–Kier alpha value is -3.24. The molecular formula is C18H18N6O3S. The second kappa shape index (κ2) is 7.41.